The number of allylic oxidation sites excluding steroid dienone is 1. The lowest BCUT2D eigenvalue weighted by Crippen LogP contribution is -1.98. The number of hydrogen-bond donors (Lipinski definition) is 0. The zero-order chi connectivity index (χ0) is 10.0. The van der Waals surface area contributed by atoms with E-state index in [1.54, 1.807) is 0 Å². The molecule has 13 heavy (non-hydrogen) atoms. The van der Waals surface area contributed by atoms with Crippen LogP contribution in [0.25, 0.3) is 0 Å². The summed E-state index contributed by atoms with van der Waals surface area (Å²) < 4.78 is 42.8. The predicted octanol–water partition coefficient (Wildman–Crippen LogP) is 3.02. The molecule has 0 heterocycles. The second-order valence-corrected chi connectivity index (χ2v) is 2.48. The minimum atomic E-state index is -1.34. The Morgan fingerprint density at radius 3 is 2.31 bits per heavy atom. The molecule has 70 valence electrons. The van der Waals surface area contributed by atoms with Crippen molar-refractivity contribution in [3.8, 4) is 5.75 Å². The molecule has 0 aromatic heterocycles. The lowest BCUT2D eigenvalue weighted by molar-refractivity contribution is 0.358. The molecule has 0 fully saturated rings. The van der Waals surface area contributed by atoms with Gasteiger partial charge in [-0.05, 0) is 19.1 Å². The molecule has 0 aliphatic heterocycles. The number of hydrogen-bond acceptors (Lipinski definition) is 1. The number of benzene rings is 1. The standard InChI is InChI=1S/C9H7F3O/c1-5(2)13-9-7(11)4-3-6(10)8(9)12/h3-4H,1H2,2H3. The van der Waals surface area contributed by atoms with Gasteiger partial charge in [-0.2, -0.15) is 4.39 Å². The topological polar surface area (TPSA) is 9.23 Å². The zero-order valence-electron chi connectivity index (χ0n) is 6.90. The molecule has 0 unspecified atom stereocenters. The van der Waals surface area contributed by atoms with Crippen LogP contribution in [0.15, 0.2) is 24.5 Å². The monoisotopic (exact) mass is 188 g/mol. The number of ether oxygens (including phenoxy) is 1. The van der Waals surface area contributed by atoms with E-state index in [1.165, 1.54) is 6.92 Å². The van der Waals surface area contributed by atoms with E-state index in [2.05, 4.69) is 11.3 Å². The van der Waals surface area contributed by atoms with E-state index in [1.807, 2.05) is 0 Å². The summed E-state index contributed by atoms with van der Waals surface area (Å²) in [7, 11) is 0. The van der Waals surface area contributed by atoms with Gasteiger partial charge in [0, 0.05) is 0 Å². The Morgan fingerprint density at radius 1 is 1.23 bits per heavy atom. The molecule has 1 nitrogen and oxygen atoms in total. The van der Waals surface area contributed by atoms with Gasteiger partial charge < -0.3 is 4.74 Å². The minimum Gasteiger partial charge on any atom is -0.456 e. The van der Waals surface area contributed by atoms with Gasteiger partial charge in [0.2, 0.25) is 11.6 Å². The van der Waals surface area contributed by atoms with Crippen LogP contribution in [-0.2, 0) is 0 Å². The van der Waals surface area contributed by atoms with Crippen LogP contribution in [0.5, 0.6) is 5.75 Å². The summed E-state index contributed by atoms with van der Waals surface area (Å²) in [5.74, 6) is -4.13. The Labute approximate surface area is 73.4 Å². The van der Waals surface area contributed by atoms with Gasteiger partial charge in [0.1, 0.15) is 0 Å². The SMILES string of the molecule is C=C(C)Oc1c(F)ccc(F)c1F. The Kier molecular flexibility index (Phi) is 2.60. The van der Waals surface area contributed by atoms with Gasteiger partial charge in [0.15, 0.2) is 11.6 Å². The van der Waals surface area contributed by atoms with Crippen LogP contribution in [-0.4, -0.2) is 0 Å². The van der Waals surface area contributed by atoms with Crippen molar-refractivity contribution in [2.24, 2.45) is 0 Å². The molecule has 0 N–H and O–H groups in total. The summed E-state index contributed by atoms with van der Waals surface area (Å²) >= 11 is 0. The predicted molar refractivity (Wildman–Crippen MR) is 41.8 cm³/mol. The maximum atomic E-state index is 12.8. The van der Waals surface area contributed by atoms with Crippen molar-refractivity contribution in [3.05, 3.63) is 41.9 Å². The smallest absolute Gasteiger partial charge is 0.204 e. The third-order valence-corrected chi connectivity index (χ3v) is 1.28. The third kappa shape index (κ3) is 2.02. The van der Waals surface area contributed by atoms with Gasteiger partial charge in [-0.15, -0.1) is 0 Å². The Morgan fingerprint density at radius 2 is 1.77 bits per heavy atom. The molecule has 0 saturated carbocycles. The van der Waals surface area contributed by atoms with E-state index in [0.29, 0.717) is 6.07 Å². The second-order valence-electron chi connectivity index (χ2n) is 2.48. The minimum absolute atomic E-state index is 0.0865. The quantitative estimate of drug-likeness (QED) is 0.512. The van der Waals surface area contributed by atoms with Crippen molar-refractivity contribution in [1.82, 2.24) is 0 Å². The molecule has 4 heteroatoms. The molecule has 0 amide bonds. The maximum Gasteiger partial charge on any atom is 0.204 e. The van der Waals surface area contributed by atoms with Crippen molar-refractivity contribution in [2.75, 3.05) is 0 Å². The highest BCUT2D eigenvalue weighted by Crippen LogP contribution is 2.24. The molecular formula is C9H7F3O. The molecule has 1 aromatic carbocycles. The van der Waals surface area contributed by atoms with Crippen LogP contribution >= 0.6 is 0 Å². The van der Waals surface area contributed by atoms with Gasteiger partial charge in [-0.3, -0.25) is 0 Å². The van der Waals surface area contributed by atoms with E-state index >= 15 is 0 Å². The molecule has 1 rings (SSSR count). The van der Waals surface area contributed by atoms with Crippen LogP contribution in [0.3, 0.4) is 0 Å². The van der Waals surface area contributed by atoms with E-state index in [0.717, 1.165) is 6.07 Å². The maximum absolute atomic E-state index is 12.8. The Balaban J connectivity index is 3.17. The van der Waals surface area contributed by atoms with Crippen LogP contribution in [0.4, 0.5) is 13.2 Å². The lowest BCUT2D eigenvalue weighted by atomic mass is 10.3. The van der Waals surface area contributed by atoms with E-state index in [-0.39, 0.29) is 5.76 Å². The van der Waals surface area contributed by atoms with Gasteiger partial charge in [0.05, 0.1) is 5.76 Å². The number of halogens is 3. The largest absolute Gasteiger partial charge is 0.456 e. The average Bonchev–Trinajstić information content (AvgIpc) is 2.05. The first-order chi connectivity index (χ1) is 6.02. The van der Waals surface area contributed by atoms with Crippen LogP contribution in [0, 0.1) is 17.5 Å². The summed E-state index contributed by atoms with van der Waals surface area (Å²) in [5.41, 5.74) is 0. The summed E-state index contributed by atoms with van der Waals surface area (Å²) in [5, 5.41) is 0. The summed E-state index contributed by atoms with van der Waals surface area (Å²) in [6.45, 7) is 4.69. The first-order valence-corrected chi connectivity index (χ1v) is 3.49. The van der Waals surface area contributed by atoms with Crippen molar-refractivity contribution in [2.45, 2.75) is 6.92 Å². The fourth-order valence-corrected chi connectivity index (χ4v) is 0.776. The number of rotatable bonds is 2. The highest BCUT2D eigenvalue weighted by atomic mass is 19.2. The summed E-state index contributed by atoms with van der Waals surface area (Å²) in [6.07, 6.45) is 0. The van der Waals surface area contributed by atoms with Gasteiger partial charge in [-0.25, -0.2) is 8.78 Å². The van der Waals surface area contributed by atoms with Crippen molar-refractivity contribution in [3.63, 3.8) is 0 Å². The Hall–Kier alpha value is -1.45. The second kappa shape index (κ2) is 3.51. The lowest BCUT2D eigenvalue weighted by Gasteiger charge is -2.06. The van der Waals surface area contributed by atoms with E-state index in [4.69, 9.17) is 0 Å². The van der Waals surface area contributed by atoms with Crippen LogP contribution in [0.1, 0.15) is 6.92 Å². The summed E-state index contributed by atoms with van der Waals surface area (Å²) in [4.78, 5) is 0. The molecule has 0 aliphatic carbocycles. The van der Waals surface area contributed by atoms with Crippen molar-refractivity contribution < 1.29 is 17.9 Å². The third-order valence-electron chi connectivity index (χ3n) is 1.28. The molecule has 0 aliphatic rings. The normalized spacial score (nSPS) is 9.85. The first kappa shape index (κ1) is 9.64. The van der Waals surface area contributed by atoms with E-state index in [9.17, 15) is 13.2 Å². The molecular weight excluding hydrogens is 181 g/mol. The van der Waals surface area contributed by atoms with Gasteiger partial charge in [-0.1, -0.05) is 6.58 Å². The molecule has 0 saturated heterocycles. The van der Waals surface area contributed by atoms with Crippen molar-refractivity contribution >= 4 is 0 Å². The first-order valence-electron chi connectivity index (χ1n) is 3.49. The van der Waals surface area contributed by atoms with Crippen LogP contribution < -0.4 is 4.74 Å². The fraction of sp³-hybridized carbons (Fsp3) is 0.111. The van der Waals surface area contributed by atoms with E-state index < -0.39 is 23.2 Å². The zero-order valence-corrected chi connectivity index (χ0v) is 6.90. The fourth-order valence-electron chi connectivity index (χ4n) is 0.776. The van der Waals surface area contributed by atoms with Gasteiger partial charge >= 0.3 is 0 Å². The van der Waals surface area contributed by atoms with Crippen molar-refractivity contribution in [1.29, 1.82) is 0 Å². The molecule has 0 radical (unpaired) electrons. The van der Waals surface area contributed by atoms with Gasteiger partial charge in [0.25, 0.3) is 0 Å². The molecule has 1 aromatic rings. The summed E-state index contributed by atoms with van der Waals surface area (Å²) in [6, 6.07) is 1.48. The molecule has 0 atom stereocenters. The highest BCUT2D eigenvalue weighted by molar-refractivity contribution is 5.28. The van der Waals surface area contributed by atoms with Crippen LogP contribution in [0.2, 0.25) is 0 Å². The molecule has 0 bridgehead atoms. The highest BCUT2D eigenvalue weighted by Gasteiger charge is 2.15. The average molecular weight is 188 g/mol. The molecule has 0 spiro atoms. The Bertz CT molecular complexity index is 347.